The number of Topliss-reactive ketones (excluding diaryl/α,β-unsaturated/α-hetero) is 1. The summed E-state index contributed by atoms with van der Waals surface area (Å²) in [6, 6.07) is 9.91. The lowest BCUT2D eigenvalue weighted by molar-refractivity contribution is 0.0993. The molecule has 8 heteroatoms. The van der Waals surface area contributed by atoms with Crippen molar-refractivity contribution in [2.45, 2.75) is 61.9 Å². The van der Waals surface area contributed by atoms with E-state index in [1.54, 1.807) is 43.8 Å². The molecule has 1 fully saturated rings. The van der Waals surface area contributed by atoms with Gasteiger partial charge in [0.2, 0.25) is 0 Å². The van der Waals surface area contributed by atoms with E-state index in [-0.39, 0.29) is 11.0 Å². The number of hydrogen-bond acceptors (Lipinski definition) is 7. The summed E-state index contributed by atoms with van der Waals surface area (Å²) in [7, 11) is 3.16. The molecule has 170 valence electrons. The molecule has 1 saturated carbocycles. The van der Waals surface area contributed by atoms with Gasteiger partial charge in [-0.3, -0.25) is 4.79 Å². The van der Waals surface area contributed by atoms with Gasteiger partial charge in [0.25, 0.3) is 0 Å². The molecule has 1 unspecified atom stereocenters. The largest absolute Gasteiger partial charge is 0.493 e. The molecule has 2 heterocycles. The van der Waals surface area contributed by atoms with E-state index in [0.29, 0.717) is 23.1 Å². The van der Waals surface area contributed by atoms with E-state index < -0.39 is 0 Å². The van der Waals surface area contributed by atoms with Gasteiger partial charge in [-0.2, -0.15) is 0 Å². The number of carbonyl (C=O) groups is 1. The molecule has 0 amide bonds. The Labute approximate surface area is 197 Å². The molecule has 0 bridgehead atoms. The first-order valence-electron chi connectivity index (χ1n) is 11.0. The molecule has 32 heavy (non-hydrogen) atoms. The zero-order chi connectivity index (χ0) is 22.5. The summed E-state index contributed by atoms with van der Waals surface area (Å²) in [5.74, 6) is 2.19. The van der Waals surface area contributed by atoms with Crippen molar-refractivity contribution in [2.75, 3.05) is 14.2 Å². The molecule has 1 aliphatic carbocycles. The monoisotopic (exact) mass is 471 g/mol. The lowest BCUT2D eigenvalue weighted by Crippen LogP contribution is -2.19. The lowest BCUT2D eigenvalue weighted by atomic mass is 9.95. The number of rotatable bonds is 9. The van der Waals surface area contributed by atoms with Crippen LogP contribution in [0.5, 0.6) is 11.5 Å². The van der Waals surface area contributed by atoms with Crippen molar-refractivity contribution in [1.29, 1.82) is 0 Å². The van der Waals surface area contributed by atoms with E-state index in [0.717, 1.165) is 30.2 Å². The molecule has 0 saturated heterocycles. The van der Waals surface area contributed by atoms with Gasteiger partial charge in [0.05, 0.1) is 19.5 Å². The van der Waals surface area contributed by atoms with Gasteiger partial charge in [0.15, 0.2) is 22.4 Å². The maximum atomic E-state index is 13.2. The molecule has 4 rings (SSSR count). The summed E-state index contributed by atoms with van der Waals surface area (Å²) in [4.78, 5) is 14.5. The molecule has 3 aromatic rings. The first-order valence-corrected chi connectivity index (χ1v) is 12.8. The Balaban J connectivity index is 1.57. The van der Waals surface area contributed by atoms with Gasteiger partial charge in [0.1, 0.15) is 5.82 Å². The van der Waals surface area contributed by atoms with Crippen molar-refractivity contribution >= 4 is 28.9 Å². The second-order valence-electron chi connectivity index (χ2n) is 8.01. The Morgan fingerprint density at radius 1 is 1.16 bits per heavy atom. The number of hydrogen-bond donors (Lipinski definition) is 0. The minimum absolute atomic E-state index is 0.0361. The van der Waals surface area contributed by atoms with Crippen LogP contribution in [-0.4, -0.2) is 40.0 Å². The number of aromatic nitrogens is 3. The average Bonchev–Trinajstić information content (AvgIpc) is 3.49. The maximum absolute atomic E-state index is 13.2. The van der Waals surface area contributed by atoms with Gasteiger partial charge in [-0.15, -0.1) is 21.5 Å². The third-order valence-electron chi connectivity index (χ3n) is 5.91. The molecule has 1 atom stereocenters. The molecular weight excluding hydrogens is 442 g/mol. The Hall–Kier alpha value is -2.32. The van der Waals surface area contributed by atoms with Crippen LogP contribution in [0.4, 0.5) is 0 Å². The normalized spacial score (nSPS) is 15.5. The minimum Gasteiger partial charge on any atom is -0.493 e. The van der Waals surface area contributed by atoms with Gasteiger partial charge in [-0.1, -0.05) is 37.1 Å². The Bertz CT molecular complexity index is 1040. The van der Waals surface area contributed by atoms with Crippen molar-refractivity contribution in [3.8, 4) is 11.5 Å². The number of thioether (sulfide) groups is 1. The summed E-state index contributed by atoms with van der Waals surface area (Å²) < 4.78 is 13.0. The molecular formula is C24H29N3O3S2. The fraction of sp³-hybridized carbons (Fsp3) is 0.458. The van der Waals surface area contributed by atoms with Gasteiger partial charge < -0.3 is 14.0 Å². The van der Waals surface area contributed by atoms with Crippen LogP contribution in [0.25, 0.3) is 0 Å². The van der Waals surface area contributed by atoms with E-state index in [1.807, 2.05) is 6.92 Å². The highest BCUT2D eigenvalue weighted by Crippen LogP contribution is 2.36. The molecule has 6 nitrogen and oxygen atoms in total. The van der Waals surface area contributed by atoms with E-state index in [9.17, 15) is 4.79 Å². The third kappa shape index (κ3) is 5.02. The molecule has 0 spiro atoms. The molecule has 1 aliphatic rings. The van der Waals surface area contributed by atoms with Crippen molar-refractivity contribution < 1.29 is 14.3 Å². The van der Waals surface area contributed by atoms with Crippen molar-refractivity contribution in [3.63, 3.8) is 0 Å². The first-order chi connectivity index (χ1) is 15.6. The van der Waals surface area contributed by atoms with Crippen molar-refractivity contribution in [2.24, 2.45) is 0 Å². The van der Waals surface area contributed by atoms with Crippen molar-refractivity contribution in [1.82, 2.24) is 14.8 Å². The predicted octanol–water partition coefficient (Wildman–Crippen LogP) is 5.82. The Morgan fingerprint density at radius 3 is 2.62 bits per heavy atom. The third-order valence-corrected chi connectivity index (χ3v) is 7.84. The summed E-state index contributed by atoms with van der Waals surface area (Å²) in [6.07, 6.45) is 6.80. The van der Waals surface area contributed by atoms with E-state index in [1.165, 1.54) is 35.9 Å². The molecule has 0 N–H and O–H groups in total. The highest BCUT2D eigenvalue weighted by Gasteiger charge is 2.27. The average molecular weight is 472 g/mol. The molecule has 0 aliphatic heterocycles. The molecule has 0 radical (unpaired) electrons. The fourth-order valence-electron chi connectivity index (χ4n) is 4.22. The number of thiophene rings is 1. The number of ether oxygens (including phenoxy) is 2. The smallest absolute Gasteiger partial charge is 0.192 e. The van der Waals surface area contributed by atoms with Gasteiger partial charge in [0, 0.05) is 22.9 Å². The van der Waals surface area contributed by atoms with Crippen LogP contribution in [-0.2, 0) is 6.42 Å². The van der Waals surface area contributed by atoms with Crippen LogP contribution >= 0.6 is 23.1 Å². The summed E-state index contributed by atoms with van der Waals surface area (Å²) in [5.41, 5.74) is 0.602. The van der Waals surface area contributed by atoms with Crippen LogP contribution in [0.15, 0.2) is 40.9 Å². The summed E-state index contributed by atoms with van der Waals surface area (Å²) >= 11 is 3.24. The van der Waals surface area contributed by atoms with Crippen LogP contribution in [0, 0.1) is 0 Å². The number of benzene rings is 1. The minimum atomic E-state index is -0.297. The van der Waals surface area contributed by atoms with E-state index in [2.05, 4.69) is 32.3 Å². The summed E-state index contributed by atoms with van der Waals surface area (Å²) in [5, 5.41) is 11.7. The lowest BCUT2D eigenvalue weighted by Gasteiger charge is -2.26. The zero-order valence-electron chi connectivity index (χ0n) is 18.7. The van der Waals surface area contributed by atoms with Gasteiger partial charge in [-0.25, -0.2) is 0 Å². The van der Waals surface area contributed by atoms with Crippen molar-refractivity contribution in [3.05, 3.63) is 52.0 Å². The van der Waals surface area contributed by atoms with Gasteiger partial charge >= 0.3 is 0 Å². The predicted molar refractivity (Wildman–Crippen MR) is 128 cm³/mol. The van der Waals surface area contributed by atoms with Crippen LogP contribution in [0.2, 0.25) is 0 Å². The number of ketones is 1. The maximum Gasteiger partial charge on any atom is 0.192 e. The van der Waals surface area contributed by atoms with E-state index in [4.69, 9.17) is 9.47 Å². The Morgan fingerprint density at radius 2 is 1.94 bits per heavy atom. The highest BCUT2D eigenvalue weighted by atomic mass is 32.2. The topological polar surface area (TPSA) is 66.2 Å². The molecule has 1 aromatic carbocycles. The summed E-state index contributed by atoms with van der Waals surface area (Å²) in [6.45, 7) is 1.93. The van der Waals surface area contributed by atoms with Crippen LogP contribution in [0.1, 0.15) is 66.1 Å². The number of nitrogens with zero attached hydrogens (tertiary/aromatic N) is 3. The number of methoxy groups -OCH3 is 2. The van der Waals surface area contributed by atoms with Crippen LogP contribution in [0.3, 0.4) is 0 Å². The second kappa shape index (κ2) is 10.5. The van der Waals surface area contributed by atoms with Gasteiger partial charge in [-0.05, 0) is 49.4 Å². The van der Waals surface area contributed by atoms with E-state index >= 15 is 0 Å². The SMILES string of the molecule is COc1ccc(C(=O)C(C)Sc2nnc(Cc3cccs3)n2C2CCCCC2)cc1OC. The van der Waals surface area contributed by atoms with Crippen LogP contribution < -0.4 is 9.47 Å². The first kappa shape index (κ1) is 22.9. The highest BCUT2D eigenvalue weighted by molar-refractivity contribution is 8.00. The standard InChI is InChI=1S/C24H29N3O3S2/c1-16(23(28)17-11-12-20(29-2)21(14-17)30-3)32-24-26-25-22(15-19-10-7-13-31-19)27(24)18-8-5-4-6-9-18/h7,10-14,16,18H,4-6,8-9,15H2,1-3H3. The zero-order valence-corrected chi connectivity index (χ0v) is 20.4. The Kier molecular flexibility index (Phi) is 7.52. The quantitative estimate of drug-likeness (QED) is 0.290. The number of carbonyl (C=O) groups excluding carboxylic acids is 1. The second-order valence-corrected chi connectivity index (χ2v) is 10.4. The fourth-order valence-corrected chi connectivity index (χ4v) is 5.94. The molecule has 2 aromatic heterocycles.